The molecule has 0 bridgehead atoms. The minimum absolute atomic E-state index is 0. The molecular weight excluding hydrogens is 432 g/mol. The van der Waals surface area contributed by atoms with Crippen molar-refractivity contribution < 1.29 is 26.3 Å². The normalized spacial score (nSPS) is 10.7. The summed E-state index contributed by atoms with van der Waals surface area (Å²) in [5.41, 5.74) is 4.36. The van der Waals surface area contributed by atoms with E-state index >= 15 is 0 Å². The van der Waals surface area contributed by atoms with Gasteiger partial charge in [0.05, 0.1) is 0 Å². The number of ketones is 1. The number of halogens is 2. The molecule has 3 nitrogen and oxygen atoms in total. The van der Waals surface area contributed by atoms with Gasteiger partial charge in [-0.25, -0.2) is 0 Å². The van der Waals surface area contributed by atoms with E-state index in [1.54, 1.807) is 35.6 Å². The van der Waals surface area contributed by atoms with E-state index in [1.807, 2.05) is 36.4 Å². The van der Waals surface area contributed by atoms with Crippen molar-refractivity contribution in [2.24, 2.45) is 0 Å². The van der Waals surface area contributed by atoms with Gasteiger partial charge in [0.1, 0.15) is 11.4 Å². The van der Waals surface area contributed by atoms with Crippen LogP contribution in [-0.4, -0.2) is 10.2 Å². The van der Waals surface area contributed by atoms with Crippen LogP contribution in [0.1, 0.15) is 27.4 Å². The highest BCUT2D eigenvalue weighted by molar-refractivity contribution is 7.14. The zero-order valence-electron chi connectivity index (χ0n) is 14.2. The lowest BCUT2D eigenvalue weighted by Crippen LogP contribution is -3.00. The van der Waals surface area contributed by atoms with Gasteiger partial charge in [-0.05, 0) is 43.3 Å². The van der Waals surface area contributed by atoms with Crippen molar-refractivity contribution >= 4 is 33.7 Å². The van der Waals surface area contributed by atoms with Crippen LogP contribution in [0.4, 0.5) is 0 Å². The topological polar surface area (TPSA) is 25.4 Å². The van der Waals surface area contributed by atoms with E-state index < -0.39 is 0 Å². The highest BCUT2D eigenvalue weighted by atomic mass is 79.9. The van der Waals surface area contributed by atoms with E-state index in [2.05, 4.69) is 22.1 Å². The van der Waals surface area contributed by atoms with Crippen molar-refractivity contribution in [1.82, 2.24) is 4.40 Å². The van der Waals surface area contributed by atoms with Crippen molar-refractivity contribution in [2.75, 3.05) is 0 Å². The monoisotopic (exact) mass is 446 g/mol. The summed E-state index contributed by atoms with van der Waals surface area (Å²) < 4.78 is 4.19. The lowest BCUT2D eigenvalue weighted by atomic mass is 10.1. The van der Waals surface area contributed by atoms with Gasteiger partial charge in [-0.3, -0.25) is 4.79 Å². The zero-order valence-corrected chi connectivity index (χ0v) is 17.4. The molecule has 4 aromatic rings. The standard InChI is InChI=1S/C20H16ClN2OS.BrH/c1-13-12-25-20-22(13)18(19(24)15-8-10-16(21)11-9-15)14(2)23(20)17-6-4-3-5-7-17;/h3-12H,1-2H3;1H/q+1;/p-1. The molecule has 0 atom stereocenters. The van der Waals surface area contributed by atoms with Crippen LogP contribution in [0.25, 0.3) is 10.6 Å². The molecule has 0 amide bonds. The van der Waals surface area contributed by atoms with E-state index in [1.165, 1.54) is 0 Å². The number of hydrogen-bond donors (Lipinski definition) is 0. The van der Waals surface area contributed by atoms with Crippen molar-refractivity contribution in [3.05, 3.63) is 87.6 Å². The number of fused-ring (bicyclic) bond motifs is 1. The maximum atomic E-state index is 13.2. The molecule has 26 heavy (non-hydrogen) atoms. The molecule has 0 saturated heterocycles. The van der Waals surface area contributed by atoms with Gasteiger partial charge in [-0.15, -0.1) is 0 Å². The molecule has 0 fully saturated rings. The molecule has 6 heteroatoms. The van der Waals surface area contributed by atoms with Crippen LogP contribution >= 0.6 is 22.9 Å². The molecule has 0 N–H and O–H groups in total. The third-order valence-electron chi connectivity index (χ3n) is 4.31. The lowest BCUT2D eigenvalue weighted by Gasteiger charge is -2.00. The number of hydrogen-bond acceptors (Lipinski definition) is 2. The predicted molar refractivity (Wildman–Crippen MR) is 101 cm³/mol. The Morgan fingerprint density at radius 2 is 1.69 bits per heavy atom. The van der Waals surface area contributed by atoms with Gasteiger partial charge in [-0.2, -0.15) is 8.97 Å². The summed E-state index contributed by atoms with van der Waals surface area (Å²) in [6.07, 6.45) is 0. The summed E-state index contributed by atoms with van der Waals surface area (Å²) in [5.74, 6) is 0.000322. The summed E-state index contributed by atoms with van der Waals surface area (Å²) in [7, 11) is 0. The van der Waals surface area contributed by atoms with Crippen molar-refractivity contribution in [1.29, 1.82) is 0 Å². The molecule has 0 aliphatic rings. The van der Waals surface area contributed by atoms with E-state index in [0.717, 1.165) is 22.0 Å². The molecule has 0 unspecified atom stereocenters. The predicted octanol–water partition coefficient (Wildman–Crippen LogP) is 1.78. The van der Waals surface area contributed by atoms with Crippen LogP contribution in [0.3, 0.4) is 0 Å². The van der Waals surface area contributed by atoms with Crippen molar-refractivity contribution in [2.45, 2.75) is 13.8 Å². The molecule has 0 saturated carbocycles. The largest absolute Gasteiger partial charge is 1.00 e. The molecule has 2 heterocycles. The fourth-order valence-corrected chi connectivity index (χ4v) is 4.31. The highest BCUT2D eigenvalue weighted by Gasteiger charge is 2.32. The summed E-state index contributed by atoms with van der Waals surface area (Å²) in [6.45, 7) is 4.02. The van der Waals surface area contributed by atoms with Gasteiger partial charge in [-0.1, -0.05) is 41.1 Å². The second kappa shape index (κ2) is 7.35. The SMILES string of the molecule is Cc1csc2n1c(C(=O)c1ccc(Cl)cc1)c(C)[n+]2-c1ccccc1.[Br-]. The maximum Gasteiger partial charge on any atom is 0.351 e. The van der Waals surface area contributed by atoms with Crippen LogP contribution in [0.15, 0.2) is 60.0 Å². The molecule has 2 aromatic carbocycles. The number of thiazole rings is 1. The number of imidazole rings is 1. The number of carbonyl (C=O) groups is 1. The molecule has 0 aliphatic carbocycles. The van der Waals surface area contributed by atoms with E-state index in [9.17, 15) is 4.79 Å². The Morgan fingerprint density at radius 3 is 2.35 bits per heavy atom. The van der Waals surface area contributed by atoms with Crippen LogP contribution in [0.5, 0.6) is 0 Å². The molecule has 0 aliphatic heterocycles. The second-order valence-electron chi connectivity index (χ2n) is 5.94. The van der Waals surface area contributed by atoms with Crippen molar-refractivity contribution in [3.63, 3.8) is 0 Å². The summed E-state index contributed by atoms with van der Waals surface area (Å²) in [6, 6.07) is 17.2. The molecular formula is C20H16BrClN2OS. The minimum atomic E-state index is 0. The van der Waals surface area contributed by atoms with Gasteiger partial charge >= 0.3 is 4.96 Å². The van der Waals surface area contributed by atoms with Crippen LogP contribution in [0, 0.1) is 13.8 Å². The summed E-state index contributed by atoms with van der Waals surface area (Å²) in [4.78, 5) is 14.2. The van der Waals surface area contributed by atoms with Gasteiger partial charge in [0, 0.05) is 22.9 Å². The van der Waals surface area contributed by atoms with Gasteiger partial charge in [0.15, 0.2) is 5.69 Å². The zero-order chi connectivity index (χ0) is 17.6. The Hall–Kier alpha value is -1.95. The third kappa shape index (κ3) is 3.00. The molecule has 0 radical (unpaired) electrons. The fraction of sp³-hybridized carbons (Fsp3) is 0.100. The Morgan fingerprint density at radius 1 is 1.04 bits per heavy atom. The first-order valence-electron chi connectivity index (χ1n) is 7.95. The fourth-order valence-electron chi connectivity index (χ4n) is 3.12. The summed E-state index contributed by atoms with van der Waals surface area (Å²) in [5, 5.41) is 2.70. The van der Waals surface area contributed by atoms with E-state index in [-0.39, 0.29) is 22.8 Å². The van der Waals surface area contributed by atoms with Gasteiger partial charge in [0.2, 0.25) is 11.5 Å². The third-order valence-corrected chi connectivity index (χ3v) is 5.59. The number of rotatable bonds is 3. The van der Waals surface area contributed by atoms with Crippen LogP contribution in [-0.2, 0) is 0 Å². The lowest BCUT2D eigenvalue weighted by molar-refractivity contribution is -0.571. The average Bonchev–Trinajstić information content (AvgIpc) is 3.12. The number of carbonyl (C=O) groups excluding carboxylic acids is 1. The Balaban J connectivity index is 0.00000196. The first kappa shape index (κ1) is 18.8. The Bertz CT molecular complexity index is 1080. The van der Waals surface area contributed by atoms with Crippen LogP contribution < -0.4 is 21.5 Å². The smallest absolute Gasteiger partial charge is 0.351 e. The van der Waals surface area contributed by atoms with Gasteiger partial charge in [0.25, 0.3) is 0 Å². The highest BCUT2D eigenvalue weighted by Crippen LogP contribution is 2.24. The first-order chi connectivity index (χ1) is 12.1. The van der Waals surface area contributed by atoms with E-state index in [4.69, 9.17) is 11.6 Å². The number of aryl methyl sites for hydroxylation is 1. The maximum absolute atomic E-state index is 13.2. The molecule has 4 rings (SSSR count). The quantitative estimate of drug-likeness (QED) is 0.347. The average molecular weight is 448 g/mol. The number of para-hydroxylation sites is 1. The van der Waals surface area contributed by atoms with Gasteiger partial charge < -0.3 is 17.0 Å². The number of benzene rings is 2. The Labute approximate surface area is 171 Å². The molecule has 2 aromatic heterocycles. The van der Waals surface area contributed by atoms with E-state index in [0.29, 0.717) is 16.3 Å². The van der Waals surface area contributed by atoms with Crippen LogP contribution in [0.2, 0.25) is 5.02 Å². The minimum Gasteiger partial charge on any atom is -1.00 e. The second-order valence-corrected chi connectivity index (χ2v) is 7.21. The number of aromatic nitrogens is 2. The van der Waals surface area contributed by atoms with Crippen molar-refractivity contribution in [3.8, 4) is 5.69 Å². The summed E-state index contributed by atoms with van der Waals surface area (Å²) >= 11 is 7.60. The first-order valence-corrected chi connectivity index (χ1v) is 9.20. The number of nitrogens with zero attached hydrogens (tertiary/aromatic N) is 2. The molecule has 0 spiro atoms. The Kier molecular flexibility index (Phi) is 5.32. The molecule has 132 valence electrons.